The molecule has 4 nitrogen and oxygen atoms in total. The topological polar surface area (TPSA) is 64.7 Å². The summed E-state index contributed by atoms with van der Waals surface area (Å²) in [5.41, 5.74) is 6.28. The van der Waals surface area contributed by atoms with Crippen molar-refractivity contribution in [3.8, 4) is 11.4 Å². The number of hydrogen-bond acceptors (Lipinski definition) is 6. The molecule has 2 N–H and O–H groups in total. The summed E-state index contributed by atoms with van der Waals surface area (Å²) in [5, 5.41) is 0. The molecule has 76 valence electrons. The molecule has 15 heavy (non-hydrogen) atoms. The maximum Gasteiger partial charge on any atom is 0.223 e. The molecule has 0 spiro atoms. The van der Waals surface area contributed by atoms with Crippen LogP contribution in [0.2, 0.25) is 0 Å². The highest BCUT2D eigenvalue weighted by molar-refractivity contribution is 7.81. The molecule has 0 saturated carbocycles. The summed E-state index contributed by atoms with van der Waals surface area (Å²) in [6, 6.07) is 5.51. The minimum atomic E-state index is 0.197. The predicted molar refractivity (Wildman–Crippen MR) is 64.2 cm³/mol. The second-order valence-electron chi connectivity index (χ2n) is 2.87. The lowest BCUT2D eigenvalue weighted by atomic mass is 10.2. The standard InChI is InChI=1S/C9H8N4S2/c10-9-12-4-11-8(13-9)6-2-1-5(14)3-7(6)15/h1-4,14-15H,(H2,10,11,12,13). The molecule has 2 rings (SSSR count). The number of rotatable bonds is 1. The average molecular weight is 236 g/mol. The smallest absolute Gasteiger partial charge is 0.223 e. The molecule has 0 amide bonds. The van der Waals surface area contributed by atoms with E-state index in [2.05, 4.69) is 40.2 Å². The van der Waals surface area contributed by atoms with Crippen LogP contribution in [-0.2, 0) is 0 Å². The Morgan fingerprint density at radius 3 is 2.60 bits per heavy atom. The lowest BCUT2D eigenvalue weighted by Gasteiger charge is -2.04. The fourth-order valence-corrected chi connectivity index (χ4v) is 1.77. The number of aromatic nitrogens is 3. The number of benzene rings is 1. The quantitative estimate of drug-likeness (QED) is 0.659. The van der Waals surface area contributed by atoms with Crippen molar-refractivity contribution < 1.29 is 0 Å². The summed E-state index contributed by atoms with van der Waals surface area (Å²) in [6.07, 6.45) is 1.37. The third-order valence-corrected chi connectivity index (χ3v) is 2.46. The average Bonchev–Trinajstić information content (AvgIpc) is 2.17. The van der Waals surface area contributed by atoms with Crippen molar-refractivity contribution in [2.24, 2.45) is 0 Å². The Labute approximate surface area is 97.8 Å². The van der Waals surface area contributed by atoms with E-state index in [9.17, 15) is 0 Å². The van der Waals surface area contributed by atoms with Crippen LogP contribution in [0.25, 0.3) is 11.4 Å². The molecular formula is C9H8N4S2. The Morgan fingerprint density at radius 2 is 1.93 bits per heavy atom. The van der Waals surface area contributed by atoms with Crippen molar-refractivity contribution >= 4 is 31.2 Å². The second-order valence-corrected chi connectivity index (χ2v) is 3.87. The molecule has 0 unspecified atom stereocenters. The van der Waals surface area contributed by atoms with E-state index in [0.717, 1.165) is 15.4 Å². The summed E-state index contributed by atoms with van der Waals surface area (Å²) in [4.78, 5) is 13.4. The first kappa shape index (κ1) is 10.3. The maximum atomic E-state index is 5.47. The van der Waals surface area contributed by atoms with Gasteiger partial charge in [0.05, 0.1) is 0 Å². The van der Waals surface area contributed by atoms with E-state index in [1.54, 1.807) is 0 Å². The minimum absolute atomic E-state index is 0.197. The van der Waals surface area contributed by atoms with E-state index in [4.69, 9.17) is 5.73 Å². The molecular weight excluding hydrogens is 228 g/mol. The van der Waals surface area contributed by atoms with Gasteiger partial charge >= 0.3 is 0 Å². The number of thiol groups is 2. The van der Waals surface area contributed by atoms with Crippen molar-refractivity contribution in [3.63, 3.8) is 0 Å². The Hall–Kier alpha value is -1.27. The van der Waals surface area contributed by atoms with Gasteiger partial charge in [0.15, 0.2) is 5.82 Å². The molecule has 1 heterocycles. The van der Waals surface area contributed by atoms with Crippen molar-refractivity contribution in [3.05, 3.63) is 24.5 Å². The van der Waals surface area contributed by atoms with E-state index in [0.29, 0.717) is 5.82 Å². The highest BCUT2D eigenvalue weighted by atomic mass is 32.1. The van der Waals surface area contributed by atoms with Crippen LogP contribution >= 0.6 is 25.3 Å². The van der Waals surface area contributed by atoms with E-state index in [1.165, 1.54) is 6.33 Å². The van der Waals surface area contributed by atoms with E-state index in [1.807, 2.05) is 18.2 Å². The van der Waals surface area contributed by atoms with Crippen LogP contribution in [0.15, 0.2) is 34.3 Å². The molecule has 1 aromatic heterocycles. The maximum absolute atomic E-state index is 5.47. The van der Waals surface area contributed by atoms with E-state index >= 15 is 0 Å². The highest BCUT2D eigenvalue weighted by Gasteiger charge is 2.06. The Balaban J connectivity index is 2.54. The first-order valence-electron chi connectivity index (χ1n) is 4.13. The van der Waals surface area contributed by atoms with Crippen molar-refractivity contribution in [1.82, 2.24) is 15.0 Å². The second kappa shape index (κ2) is 4.08. The Kier molecular flexibility index (Phi) is 2.79. The van der Waals surface area contributed by atoms with Crippen molar-refractivity contribution in [2.75, 3.05) is 5.73 Å². The van der Waals surface area contributed by atoms with Gasteiger partial charge in [0.2, 0.25) is 5.95 Å². The fourth-order valence-electron chi connectivity index (χ4n) is 1.15. The molecule has 0 bridgehead atoms. The molecule has 0 aliphatic rings. The molecule has 0 aliphatic heterocycles. The molecule has 6 heteroatoms. The Bertz CT molecular complexity index is 501. The number of nitrogens with two attached hydrogens (primary N) is 1. The number of nitrogens with zero attached hydrogens (tertiary/aromatic N) is 3. The lowest BCUT2D eigenvalue weighted by molar-refractivity contribution is 1.06. The molecule has 2 aromatic rings. The molecule has 0 saturated heterocycles. The van der Waals surface area contributed by atoms with Gasteiger partial charge in [-0.25, -0.2) is 9.97 Å². The Morgan fingerprint density at radius 1 is 1.13 bits per heavy atom. The summed E-state index contributed by atoms with van der Waals surface area (Å²) < 4.78 is 0. The van der Waals surface area contributed by atoms with Gasteiger partial charge in [-0.2, -0.15) is 4.98 Å². The molecule has 0 radical (unpaired) electrons. The molecule has 0 fully saturated rings. The summed E-state index contributed by atoms with van der Waals surface area (Å²) in [6.45, 7) is 0. The lowest BCUT2D eigenvalue weighted by Crippen LogP contribution is -1.98. The van der Waals surface area contributed by atoms with Gasteiger partial charge < -0.3 is 5.73 Å². The highest BCUT2D eigenvalue weighted by Crippen LogP contribution is 2.25. The molecule has 0 atom stereocenters. The van der Waals surface area contributed by atoms with Crippen molar-refractivity contribution in [1.29, 1.82) is 0 Å². The first-order valence-corrected chi connectivity index (χ1v) is 5.03. The van der Waals surface area contributed by atoms with Crippen LogP contribution in [0.1, 0.15) is 0 Å². The fraction of sp³-hybridized carbons (Fsp3) is 0. The van der Waals surface area contributed by atoms with Crippen LogP contribution in [0.4, 0.5) is 5.95 Å². The van der Waals surface area contributed by atoms with E-state index < -0.39 is 0 Å². The van der Waals surface area contributed by atoms with Crippen LogP contribution in [0.5, 0.6) is 0 Å². The zero-order valence-corrected chi connectivity index (χ0v) is 9.41. The minimum Gasteiger partial charge on any atom is -0.368 e. The number of anilines is 1. The van der Waals surface area contributed by atoms with Gasteiger partial charge in [-0.15, -0.1) is 25.3 Å². The summed E-state index contributed by atoms with van der Waals surface area (Å²) in [5.74, 6) is 0.712. The monoisotopic (exact) mass is 236 g/mol. The van der Waals surface area contributed by atoms with Crippen LogP contribution in [0, 0.1) is 0 Å². The van der Waals surface area contributed by atoms with Crippen LogP contribution in [0.3, 0.4) is 0 Å². The third-order valence-electron chi connectivity index (χ3n) is 1.81. The van der Waals surface area contributed by atoms with Gasteiger partial charge in [-0.1, -0.05) is 0 Å². The third kappa shape index (κ3) is 2.21. The number of hydrogen-bond donors (Lipinski definition) is 3. The van der Waals surface area contributed by atoms with Gasteiger partial charge in [0.1, 0.15) is 6.33 Å². The van der Waals surface area contributed by atoms with Gasteiger partial charge in [0.25, 0.3) is 0 Å². The van der Waals surface area contributed by atoms with Crippen LogP contribution in [-0.4, -0.2) is 15.0 Å². The van der Waals surface area contributed by atoms with Crippen molar-refractivity contribution in [2.45, 2.75) is 9.79 Å². The van der Waals surface area contributed by atoms with Gasteiger partial charge in [0, 0.05) is 15.4 Å². The first-order chi connectivity index (χ1) is 7.16. The molecule has 0 aliphatic carbocycles. The zero-order chi connectivity index (χ0) is 10.8. The predicted octanol–water partition coefficient (Wildman–Crippen LogP) is 1.70. The summed E-state index contributed by atoms with van der Waals surface area (Å²) >= 11 is 8.53. The largest absolute Gasteiger partial charge is 0.368 e. The van der Waals surface area contributed by atoms with Gasteiger partial charge in [-0.05, 0) is 18.2 Å². The SMILES string of the molecule is Nc1ncnc(-c2ccc(S)cc2S)n1. The van der Waals surface area contributed by atoms with E-state index in [-0.39, 0.29) is 5.95 Å². The van der Waals surface area contributed by atoms with Crippen LogP contribution < -0.4 is 5.73 Å². The molecule has 1 aromatic carbocycles. The van der Waals surface area contributed by atoms with Gasteiger partial charge in [-0.3, -0.25) is 0 Å². The normalized spacial score (nSPS) is 10.3. The zero-order valence-electron chi connectivity index (χ0n) is 7.62. The number of nitrogen functional groups attached to an aromatic ring is 1. The summed E-state index contributed by atoms with van der Waals surface area (Å²) in [7, 11) is 0.